The van der Waals surface area contributed by atoms with Crippen LogP contribution in [0.5, 0.6) is 5.75 Å². The van der Waals surface area contributed by atoms with E-state index in [4.69, 9.17) is 4.74 Å². The van der Waals surface area contributed by atoms with E-state index in [2.05, 4.69) is 0 Å². The van der Waals surface area contributed by atoms with E-state index in [1.54, 1.807) is 31.2 Å². The monoisotopic (exact) mass is 376 g/mol. The fourth-order valence-electron chi connectivity index (χ4n) is 2.58. The number of amides is 1. The van der Waals surface area contributed by atoms with E-state index in [0.29, 0.717) is 17.9 Å². The number of nitrogens with zero attached hydrogens (tertiary/aromatic N) is 2. The van der Waals surface area contributed by atoms with Crippen LogP contribution in [0.3, 0.4) is 0 Å². The SMILES string of the molecule is COc1ccc(C)cc1CN(C)C(=O)c1cccc(S(=O)(=O)N(C)C)c1. The molecule has 0 fully saturated rings. The molecule has 0 heterocycles. The van der Waals surface area contributed by atoms with Crippen molar-refractivity contribution in [1.82, 2.24) is 9.21 Å². The first kappa shape index (κ1) is 19.9. The van der Waals surface area contributed by atoms with Crippen LogP contribution < -0.4 is 4.74 Å². The summed E-state index contributed by atoms with van der Waals surface area (Å²) in [5.41, 5.74) is 2.28. The molecule has 2 aromatic rings. The molecule has 140 valence electrons. The zero-order valence-corrected chi connectivity index (χ0v) is 16.5. The van der Waals surface area contributed by atoms with E-state index in [1.165, 1.54) is 26.2 Å². The summed E-state index contributed by atoms with van der Waals surface area (Å²) in [6.07, 6.45) is 0. The minimum atomic E-state index is -3.59. The Kier molecular flexibility index (Phi) is 6.05. The largest absolute Gasteiger partial charge is 0.496 e. The quantitative estimate of drug-likeness (QED) is 0.777. The molecule has 0 saturated heterocycles. The Labute approximate surface area is 155 Å². The standard InChI is InChI=1S/C19H24N2O4S/c1-14-9-10-18(25-5)16(11-14)13-21(4)19(22)15-7-6-8-17(12-15)26(23,24)20(2)3/h6-12H,13H2,1-5H3. The van der Waals surface area contributed by atoms with Crippen molar-refractivity contribution in [2.24, 2.45) is 0 Å². The van der Waals surface area contributed by atoms with Crippen LogP contribution in [-0.4, -0.2) is 51.8 Å². The number of hydrogen-bond acceptors (Lipinski definition) is 4. The second kappa shape index (κ2) is 7.88. The molecule has 0 bridgehead atoms. The lowest BCUT2D eigenvalue weighted by atomic mass is 10.1. The van der Waals surface area contributed by atoms with Crippen LogP contribution in [0.4, 0.5) is 0 Å². The topological polar surface area (TPSA) is 66.9 Å². The Bertz CT molecular complexity index is 908. The first-order valence-corrected chi connectivity index (χ1v) is 9.52. The van der Waals surface area contributed by atoms with E-state index < -0.39 is 10.0 Å². The number of carbonyl (C=O) groups excluding carboxylic acids is 1. The molecule has 6 nitrogen and oxygen atoms in total. The molecule has 0 radical (unpaired) electrons. The molecule has 2 rings (SSSR count). The van der Waals surface area contributed by atoms with Gasteiger partial charge in [0.1, 0.15) is 5.75 Å². The summed E-state index contributed by atoms with van der Waals surface area (Å²) in [4.78, 5) is 14.4. The van der Waals surface area contributed by atoms with Crippen molar-refractivity contribution in [3.63, 3.8) is 0 Å². The van der Waals surface area contributed by atoms with Gasteiger partial charge in [-0.15, -0.1) is 0 Å². The summed E-state index contributed by atoms with van der Waals surface area (Å²) in [5.74, 6) is 0.448. The summed E-state index contributed by atoms with van der Waals surface area (Å²) in [6.45, 7) is 2.33. The van der Waals surface area contributed by atoms with E-state index >= 15 is 0 Å². The van der Waals surface area contributed by atoms with Crippen LogP contribution in [0.2, 0.25) is 0 Å². The summed E-state index contributed by atoms with van der Waals surface area (Å²) in [7, 11) is 2.59. The van der Waals surface area contributed by atoms with Gasteiger partial charge in [-0.1, -0.05) is 23.8 Å². The van der Waals surface area contributed by atoms with Crippen molar-refractivity contribution in [3.05, 3.63) is 59.2 Å². The van der Waals surface area contributed by atoms with Crippen LogP contribution in [-0.2, 0) is 16.6 Å². The molecular weight excluding hydrogens is 352 g/mol. The van der Waals surface area contributed by atoms with E-state index in [-0.39, 0.29) is 10.8 Å². The first-order chi connectivity index (χ1) is 12.2. The van der Waals surface area contributed by atoms with Gasteiger partial charge in [-0.2, -0.15) is 0 Å². The van der Waals surface area contributed by atoms with Gasteiger partial charge in [0, 0.05) is 38.8 Å². The highest BCUT2D eigenvalue weighted by molar-refractivity contribution is 7.89. The Morgan fingerprint density at radius 2 is 1.77 bits per heavy atom. The molecule has 1 amide bonds. The molecule has 2 aromatic carbocycles. The maximum Gasteiger partial charge on any atom is 0.253 e. The summed E-state index contributed by atoms with van der Waals surface area (Å²) in [6, 6.07) is 11.9. The van der Waals surface area contributed by atoms with Gasteiger partial charge in [-0.3, -0.25) is 4.79 Å². The third-order valence-electron chi connectivity index (χ3n) is 4.05. The minimum Gasteiger partial charge on any atom is -0.496 e. The van der Waals surface area contributed by atoms with E-state index in [1.807, 2.05) is 25.1 Å². The fourth-order valence-corrected chi connectivity index (χ4v) is 3.53. The predicted octanol–water partition coefficient (Wildman–Crippen LogP) is 2.53. The van der Waals surface area contributed by atoms with Crippen molar-refractivity contribution >= 4 is 15.9 Å². The summed E-state index contributed by atoms with van der Waals surface area (Å²) in [5, 5.41) is 0. The minimum absolute atomic E-state index is 0.0925. The molecule has 26 heavy (non-hydrogen) atoms. The van der Waals surface area contributed by atoms with Crippen LogP contribution in [0.25, 0.3) is 0 Å². The molecule has 0 aliphatic carbocycles. The maximum atomic E-state index is 12.8. The van der Waals surface area contributed by atoms with Gasteiger partial charge in [0.15, 0.2) is 0 Å². The lowest BCUT2D eigenvalue weighted by Gasteiger charge is -2.20. The zero-order valence-electron chi connectivity index (χ0n) is 15.7. The number of aryl methyl sites for hydroxylation is 1. The third-order valence-corrected chi connectivity index (χ3v) is 5.86. The second-order valence-corrected chi connectivity index (χ2v) is 8.44. The van der Waals surface area contributed by atoms with Gasteiger partial charge >= 0.3 is 0 Å². The van der Waals surface area contributed by atoms with Crippen molar-refractivity contribution in [2.75, 3.05) is 28.3 Å². The van der Waals surface area contributed by atoms with Crippen molar-refractivity contribution in [3.8, 4) is 5.75 Å². The Hall–Kier alpha value is -2.38. The molecular formula is C19H24N2O4S. The third kappa shape index (κ3) is 4.23. The van der Waals surface area contributed by atoms with Gasteiger partial charge < -0.3 is 9.64 Å². The van der Waals surface area contributed by atoms with E-state index in [9.17, 15) is 13.2 Å². The van der Waals surface area contributed by atoms with Crippen molar-refractivity contribution < 1.29 is 17.9 Å². The van der Waals surface area contributed by atoms with E-state index in [0.717, 1.165) is 15.4 Å². The average Bonchev–Trinajstić information content (AvgIpc) is 2.61. The lowest BCUT2D eigenvalue weighted by Crippen LogP contribution is -2.27. The predicted molar refractivity (Wildman–Crippen MR) is 101 cm³/mol. The molecule has 0 N–H and O–H groups in total. The molecule has 0 atom stereocenters. The Balaban J connectivity index is 2.28. The van der Waals surface area contributed by atoms with Gasteiger partial charge in [-0.05, 0) is 31.2 Å². The number of rotatable bonds is 6. The molecule has 0 aliphatic heterocycles. The number of methoxy groups -OCH3 is 1. The molecule has 0 aliphatic rings. The number of ether oxygens (including phenoxy) is 1. The molecule has 0 spiro atoms. The highest BCUT2D eigenvalue weighted by atomic mass is 32.2. The Morgan fingerprint density at radius 1 is 1.08 bits per heavy atom. The number of carbonyl (C=O) groups is 1. The molecule has 0 saturated carbocycles. The smallest absolute Gasteiger partial charge is 0.253 e. The average molecular weight is 376 g/mol. The van der Waals surface area contributed by atoms with Crippen molar-refractivity contribution in [2.45, 2.75) is 18.4 Å². The summed E-state index contributed by atoms with van der Waals surface area (Å²) < 4.78 is 31.0. The molecule has 0 unspecified atom stereocenters. The highest BCUT2D eigenvalue weighted by Gasteiger charge is 2.20. The van der Waals surface area contributed by atoms with Crippen LogP contribution in [0.15, 0.2) is 47.4 Å². The number of sulfonamides is 1. The van der Waals surface area contributed by atoms with Gasteiger partial charge in [0.2, 0.25) is 10.0 Å². The first-order valence-electron chi connectivity index (χ1n) is 8.08. The Morgan fingerprint density at radius 3 is 2.38 bits per heavy atom. The van der Waals surface area contributed by atoms with Gasteiger partial charge in [0.25, 0.3) is 5.91 Å². The fraction of sp³-hybridized carbons (Fsp3) is 0.316. The highest BCUT2D eigenvalue weighted by Crippen LogP contribution is 2.22. The van der Waals surface area contributed by atoms with Gasteiger partial charge in [0.05, 0.1) is 12.0 Å². The van der Waals surface area contributed by atoms with Crippen LogP contribution >= 0.6 is 0 Å². The van der Waals surface area contributed by atoms with Gasteiger partial charge in [-0.25, -0.2) is 12.7 Å². The van der Waals surface area contributed by atoms with Crippen LogP contribution in [0.1, 0.15) is 21.5 Å². The summed E-state index contributed by atoms with van der Waals surface area (Å²) >= 11 is 0. The normalized spacial score (nSPS) is 11.5. The number of hydrogen-bond donors (Lipinski definition) is 0. The maximum absolute atomic E-state index is 12.8. The molecule has 0 aromatic heterocycles. The van der Waals surface area contributed by atoms with Crippen LogP contribution in [0, 0.1) is 6.92 Å². The molecule has 7 heteroatoms. The second-order valence-electron chi connectivity index (χ2n) is 6.29. The number of benzene rings is 2. The zero-order chi connectivity index (χ0) is 19.5. The van der Waals surface area contributed by atoms with Crippen molar-refractivity contribution in [1.29, 1.82) is 0 Å². The lowest BCUT2D eigenvalue weighted by molar-refractivity contribution is 0.0784.